The molecule has 2 rings (SSSR count). The maximum Gasteiger partial charge on any atom is 0.410 e. The van der Waals surface area contributed by atoms with Crippen LogP contribution in [0.15, 0.2) is 30.3 Å². The third-order valence-electron chi connectivity index (χ3n) is 4.38. The van der Waals surface area contributed by atoms with Crippen molar-refractivity contribution < 1.29 is 9.53 Å². The Bertz CT molecular complexity index is 604. The van der Waals surface area contributed by atoms with E-state index in [0.29, 0.717) is 13.1 Å². The number of nitriles is 1. The van der Waals surface area contributed by atoms with E-state index in [4.69, 9.17) is 4.74 Å². The number of nitrogens with one attached hydrogen (secondary N) is 1. The number of piperazine rings is 1. The van der Waals surface area contributed by atoms with Gasteiger partial charge in [-0.25, -0.2) is 4.79 Å². The average molecular weight is 343 g/mol. The summed E-state index contributed by atoms with van der Waals surface area (Å²) in [7, 11) is 0. The fourth-order valence-corrected chi connectivity index (χ4v) is 3.37. The minimum atomic E-state index is -0.554. The van der Waals surface area contributed by atoms with Crippen molar-refractivity contribution >= 4 is 6.09 Å². The molecule has 3 atom stereocenters. The van der Waals surface area contributed by atoms with E-state index in [0.717, 1.165) is 18.4 Å². The first-order valence-electron chi connectivity index (χ1n) is 9.05. The molecule has 25 heavy (non-hydrogen) atoms. The van der Waals surface area contributed by atoms with Crippen LogP contribution in [0.2, 0.25) is 0 Å². The summed E-state index contributed by atoms with van der Waals surface area (Å²) in [5, 5.41) is 13.3. The molecule has 1 N–H and O–H groups in total. The third kappa shape index (κ3) is 4.96. The lowest BCUT2D eigenvalue weighted by molar-refractivity contribution is -0.00112. The fourth-order valence-electron chi connectivity index (χ4n) is 3.37. The number of rotatable bonds is 4. The first-order valence-corrected chi connectivity index (χ1v) is 9.05. The molecule has 0 spiro atoms. The minimum Gasteiger partial charge on any atom is -0.444 e. The molecule has 5 heteroatoms. The lowest BCUT2D eigenvalue weighted by atomic mass is 9.84. The number of carbonyl (C=O) groups is 1. The highest BCUT2D eigenvalue weighted by Crippen LogP contribution is 2.32. The van der Waals surface area contributed by atoms with Gasteiger partial charge in [0.1, 0.15) is 5.60 Å². The van der Waals surface area contributed by atoms with Crippen molar-refractivity contribution in [3.05, 3.63) is 35.9 Å². The molecule has 1 heterocycles. The van der Waals surface area contributed by atoms with Gasteiger partial charge in [-0.05, 0) is 32.8 Å². The maximum absolute atomic E-state index is 12.8. The summed E-state index contributed by atoms with van der Waals surface area (Å²) in [4.78, 5) is 14.5. The van der Waals surface area contributed by atoms with Crippen molar-refractivity contribution in [1.29, 1.82) is 5.26 Å². The highest BCUT2D eigenvalue weighted by atomic mass is 16.6. The van der Waals surface area contributed by atoms with E-state index < -0.39 is 5.60 Å². The number of hydrogen-bond acceptors (Lipinski definition) is 4. The molecule has 0 saturated carbocycles. The van der Waals surface area contributed by atoms with Crippen molar-refractivity contribution in [3.8, 4) is 6.07 Å². The van der Waals surface area contributed by atoms with Gasteiger partial charge in [-0.2, -0.15) is 5.26 Å². The molecular weight excluding hydrogens is 314 g/mol. The van der Waals surface area contributed by atoms with Gasteiger partial charge in [0.15, 0.2) is 0 Å². The summed E-state index contributed by atoms with van der Waals surface area (Å²) in [6, 6.07) is 12.2. The zero-order chi connectivity index (χ0) is 18.4. The van der Waals surface area contributed by atoms with Crippen LogP contribution in [0, 0.1) is 17.2 Å². The van der Waals surface area contributed by atoms with Crippen LogP contribution in [0.4, 0.5) is 4.79 Å². The quantitative estimate of drug-likeness (QED) is 0.901. The van der Waals surface area contributed by atoms with Crippen molar-refractivity contribution in [3.63, 3.8) is 0 Å². The minimum absolute atomic E-state index is 0.0707. The summed E-state index contributed by atoms with van der Waals surface area (Å²) in [6.45, 7) is 8.89. The van der Waals surface area contributed by atoms with Gasteiger partial charge in [-0.1, -0.05) is 43.7 Å². The van der Waals surface area contributed by atoms with E-state index in [-0.39, 0.29) is 24.1 Å². The second kappa shape index (κ2) is 8.35. The van der Waals surface area contributed by atoms with E-state index in [1.165, 1.54) is 0 Å². The lowest BCUT2D eigenvalue weighted by Crippen LogP contribution is -2.58. The van der Waals surface area contributed by atoms with Crippen molar-refractivity contribution in [2.75, 3.05) is 13.1 Å². The largest absolute Gasteiger partial charge is 0.444 e. The van der Waals surface area contributed by atoms with Crippen LogP contribution in [0.1, 0.15) is 52.1 Å². The molecule has 1 fully saturated rings. The molecule has 136 valence electrons. The van der Waals surface area contributed by atoms with Crippen LogP contribution in [0.5, 0.6) is 0 Å². The zero-order valence-corrected chi connectivity index (χ0v) is 15.7. The lowest BCUT2D eigenvalue weighted by Gasteiger charge is -2.44. The summed E-state index contributed by atoms with van der Waals surface area (Å²) < 4.78 is 5.61. The number of benzene rings is 1. The number of nitrogens with zero attached hydrogens (tertiary/aromatic N) is 2. The Labute approximate surface area is 151 Å². The highest BCUT2D eigenvalue weighted by molar-refractivity contribution is 5.69. The molecule has 3 unspecified atom stereocenters. The molecular formula is C20H29N3O2. The molecule has 1 aliphatic heterocycles. The van der Waals surface area contributed by atoms with Crippen molar-refractivity contribution in [1.82, 2.24) is 10.2 Å². The molecule has 0 bridgehead atoms. The Morgan fingerprint density at radius 1 is 1.40 bits per heavy atom. The number of carbonyl (C=O) groups excluding carboxylic acids is 1. The van der Waals surface area contributed by atoms with Crippen LogP contribution < -0.4 is 5.32 Å². The molecule has 0 radical (unpaired) electrons. The molecule has 1 aromatic rings. The smallest absolute Gasteiger partial charge is 0.410 e. The van der Waals surface area contributed by atoms with E-state index >= 15 is 0 Å². The van der Waals surface area contributed by atoms with E-state index in [2.05, 4.69) is 18.3 Å². The molecule has 5 nitrogen and oxygen atoms in total. The van der Waals surface area contributed by atoms with Crippen molar-refractivity contribution in [2.24, 2.45) is 5.92 Å². The topological polar surface area (TPSA) is 65.4 Å². The van der Waals surface area contributed by atoms with Crippen LogP contribution >= 0.6 is 0 Å². The molecule has 1 amide bonds. The summed E-state index contributed by atoms with van der Waals surface area (Å²) in [5.74, 6) is -0.240. The number of amides is 1. The standard InChI is InChI=1S/C20H29N3O2/c1-5-9-16(14-21)18-17(15-10-7-6-8-11-15)22-12-13-23(18)19(24)25-20(2,3)4/h6-8,10-11,16-18,22H,5,9,12-13H2,1-4H3. The molecule has 0 aromatic heterocycles. The first-order chi connectivity index (χ1) is 11.9. The Morgan fingerprint density at radius 2 is 2.08 bits per heavy atom. The average Bonchev–Trinajstić information content (AvgIpc) is 2.58. The van der Waals surface area contributed by atoms with Gasteiger partial charge in [0.2, 0.25) is 0 Å². The Morgan fingerprint density at radius 3 is 2.64 bits per heavy atom. The Balaban J connectivity index is 2.36. The van der Waals surface area contributed by atoms with E-state index in [1.54, 1.807) is 4.90 Å². The van der Waals surface area contributed by atoms with Crippen LogP contribution in [0.25, 0.3) is 0 Å². The van der Waals surface area contributed by atoms with Gasteiger partial charge >= 0.3 is 6.09 Å². The van der Waals surface area contributed by atoms with E-state index in [1.807, 2.05) is 51.1 Å². The monoisotopic (exact) mass is 343 g/mol. The highest BCUT2D eigenvalue weighted by Gasteiger charge is 2.41. The van der Waals surface area contributed by atoms with Crippen LogP contribution in [0.3, 0.4) is 0 Å². The van der Waals surface area contributed by atoms with Crippen molar-refractivity contribution in [2.45, 2.75) is 58.2 Å². The molecule has 1 saturated heterocycles. The molecule has 1 aromatic carbocycles. The molecule has 1 aliphatic rings. The molecule has 0 aliphatic carbocycles. The van der Waals surface area contributed by atoms with Gasteiger partial charge in [-0.3, -0.25) is 0 Å². The maximum atomic E-state index is 12.8. The zero-order valence-electron chi connectivity index (χ0n) is 15.7. The van der Waals surface area contributed by atoms with Gasteiger partial charge in [0.25, 0.3) is 0 Å². The third-order valence-corrected chi connectivity index (χ3v) is 4.38. The summed E-state index contributed by atoms with van der Waals surface area (Å²) in [6.07, 6.45) is 1.32. The van der Waals surface area contributed by atoms with Crippen LogP contribution in [-0.4, -0.2) is 35.7 Å². The van der Waals surface area contributed by atoms with E-state index in [9.17, 15) is 10.1 Å². The Hall–Kier alpha value is -2.06. The fraction of sp³-hybridized carbons (Fsp3) is 0.600. The number of ether oxygens (including phenoxy) is 1. The normalized spacial score (nSPS) is 22.1. The van der Waals surface area contributed by atoms with Crippen LogP contribution in [-0.2, 0) is 4.74 Å². The second-order valence-corrected chi connectivity index (χ2v) is 7.53. The van der Waals surface area contributed by atoms with Gasteiger partial charge in [0, 0.05) is 13.1 Å². The predicted molar refractivity (Wildman–Crippen MR) is 97.9 cm³/mol. The second-order valence-electron chi connectivity index (χ2n) is 7.53. The predicted octanol–water partition coefficient (Wildman–Crippen LogP) is 3.88. The first kappa shape index (κ1) is 19.3. The summed E-state index contributed by atoms with van der Waals surface area (Å²) >= 11 is 0. The van der Waals surface area contributed by atoms with Gasteiger partial charge in [-0.15, -0.1) is 0 Å². The SMILES string of the molecule is CCCC(C#N)C1C(c2ccccc2)NCCN1C(=O)OC(C)(C)C. The summed E-state index contributed by atoms with van der Waals surface area (Å²) in [5.41, 5.74) is 0.541. The number of hydrogen-bond donors (Lipinski definition) is 1. The van der Waals surface area contributed by atoms with Gasteiger partial charge in [0.05, 0.1) is 24.1 Å². The Kier molecular flexibility index (Phi) is 6.44. The van der Waals surface area contributed by atoms with Gasteiger partial charge < -0.3 is 15.0 Å².